The summed E-state index contributed by atoms with van der Waals surface area (Å²) >= 11 is 0. The van der Waals surface area contributed by atoms with Crippen LogP contribution in [0.3, 0.4) is 0 Å². The van der Waals surface area contributed by atoms with Crippen molar-refractivity contribution >= 4 is 17.4 Å². The van der Waals surface area contributed by atoms with E-state index in [0.29, 0.717) is 38.2 Å². The number of para-hydroxylation sites is 2. The second-order valence-corrected chi connectivity index (χ2v) is 8.94. The number of rotatable bonds is 4. The van der Waals surface area contributed by atoms with Gasteiger partial charge in [-0.1, -0.05) is 24.3 Å². The summed E-state index contributed by atoms with van der Waals surface area (Å²) in [5.74, 6) is -0.476. The van der Waals surface area contributed by atoms with E-state index < -0.39 is 23.7 Å². The van der Waals surface area contributed by atoms with E-state index in [-0.39, 0.29) is 29.5 Å². The number of hydrogen-bond acceptors (Lipinski definition) is 5. The molecule has 0 spiro atoms. The Morgan fingerprint density at radius 1 is 1.03 bits per heavy atom. The number of amides is 2. The maximum Gasteiger partial charge on any atom is 0.435 e. The Bertz CT molecular complexity index is 1360. The van der Waals surface area contributed by atoms with E-state index >= 15 is 0 Å². The fourth-order valence-electron chi connectivity index (χ4n) is 5.05. The number of alkyl halides is 3. The third-order valence-corrected chi connectivity index (χ3v) is 6.78. The molecule has 190 valence electrons. The zero-order chi connectivity index (χ0) is 26.2. The molecule has 0 radical (unpaired) electrons. The van der Waals surface area contributed by atoms with Gasteiger partial charge >= 0.3 is 12.2 Å². The Hall–Kier alpha value is -4.20. The van der Waals surface area contributed by atoms with E-state index in [9.17, 15) is 27.6 Å². The minimum atomic E-state index is -4.70. The van der Waals surface area contributed by atoms with E-state index in [1.54, 1.807) is 28.0 Å². The number of urea groups is 1. The van der Waals surface area contributed by atoms with Crippen molar-refractivity contribution < 1.29 is 22.4 Å². The van der Waals surface area contributed by atoms with E-state index in [0.717, 1.165) is 11.8 Å². The highest BCUT2D eigenvalue weighted by Crippen LogP contribution is 2.36. The molecule has 2 aromatic carbocycles. The maximum absolute atomic E-state index is 14.5. The number of piperidine rings is 1. The zero-order valence-corrected chi connectivity index (χ0v) is 19.6. The van der Waals surface area contributed by atoms with Crippen molar-refractivity contribution in [3.63, 3.8) is 0 Å². The number of anilines is 2. The average molecular weight is 510 g/mol. The molecule has 0 N–H and O–H groups in total. The predicted octanol–water partition coefficient (Wildman–Crippen LogP) is 5.12. The number of nitriles is 1. The first-order chi connectivity index (χ1) is 17.8. The molecule has 1 fully saturated rings. The SMILES string of the molecule is N#Cc1cccc(F)c1N1CCC(N2Cc3ccccc3N(Cc3nccnc3C(F)(F)F)C2=O)CC1. The van der Waals surface area contributed by atoms with Gasteiger partial charge in [-0.05, 0) is 36.6 Å². The Labute approximate surface area is 210 Å². The summed E-state index contributed by atoms with van der Waals surface area (Å²) in [6.07, 6.45) is -1.52. The molecule has 0 saturated carbocycles. The first-order valence-electron chi connectivity index (χ1n) is 11.7. The molecular weight excluding hydrogens is 488 g/mol. The van der Waals surface area contributed by atoms with Crippen LogP contribution >= 0.6 is 0 Å². The van der Waals surface area contributed by atoms with Gasteiger partial charge in [0.1, 0.15) is 11.9 Å². The van der Waals surface area contributed by atoms with E-state index in [1.165, 1.54) is 23.2 Å². The molecule has 0 bridgehead atoms. The highest BCUT2D eigenvalue weighted by Gasteiger charge is 2.40. The first-order valence-corrected chi connectivity index (χ1v) is 11.7. The van der Waals surface area contributed by atoms with Crippen molar-refractivity contribution in [3.8, 4) is 6.07 Å². The molecule has 1 saturated heterocycles. The summed E-state index contributed by atoms with van der Waals surface area (Å²) in [4.78, 5) is 25.8. The number of halogens is 4. The van der Waals surface area contributed by atoms with Crippen molar-refractivity contribution in [1.29, 1.82) is 5.26 Å². The van der Waals surface area contributed by atoms with Crippen molar-refractivity contribution in [2.45, 2.75) is 38.1 Å². The van der Waals surface area contributed by atoms with Gasteiger partial charge < -0.3 is 9.80 Å². The Morgan fingerprint density at radius 2 is 1.76 bits per heavy atom. The molecule has 11 heteroatoms. The van der Waals surface area contributed by atoms with E-state index in [2.05, 4.69) is 9.97 Å². The Kier molecular flexibility index (Phi) is 6.41. The van der Waals surface area contributed by atoms with Crippen molar-refractivity contribution in [2.24, 2.45) is 0 Å². The second-order valence-electron chi connectivity index (χ2n) is 8.94. The van der Waals surface area contributed by atoms with Gasteiger partial charge in [-0.3, -0.25) is 9.88 Å². The van der Waals surface area contributed by atoms with E-state index in [1.807, 2.05) is 18.2 Å². The highest BCUT2D eigenvalue weighted by atomic mass is 19.4. The van der Waals surface area contributed by atoms with E-state index in [4.69, 9.17) is 0 Å². The number of fused-ring (bicyclic) bond motifs is 1. The van der Waals surface area contributed by atoms with Gasteiger partial charge in [0.25, 0.3) is 0 Å². The van der Waals surface area contributed by atoms with Gasteiger partial charge in [-0.15, -0.1) is 0 Å². The number of aromatic nitrogens is 2. The number of hydrogen-bond donors (Lipinski definition) is 0. The van der Waals surface area contributed by atoms with Crippen molar-refractivity contribution in [3.05, 3.63) is 83.2 Å². The Balaban J connectivity index is 1.40. The molecule has 7 nitrogen and oxygen atoms in total. The zero-order valence-electron chi connectivity index (χ0n) is 19.6. The van der Waals surface area contributed by atoms with Crippen LogP contribution in [-0.2, 0) is 19.3 Å². The second kappa shape index (κ2) is 9.69. The standard InChI is InChI=1S/C26H22F4N6O/c27-20-6-3-5-17(14-31)23(20)34-12-8-19(9-13-34)35-15-18-4-1-2-7-22(18)36(25(35)37)16-21-24(26(28,29)30)33-11-10-32-21/h1-7,10-11,19H,8-9,12-13,15-16H2. The number of benzene rings is 2. The normalized spacial score (nSPS) is 16.5. The third-order valence-electron chi connectivity index (χ3n) is 6.78. The number of nitrogens with zero attached hydrogens (tertiary/aromatic N) is 6. The molecule has 0 unspecified atom stereocenters. The number of carbonyl (C=O) groups is 1. The summed E-state index contributed by atoms with van der Waals surface area (Å²) in [5.41, 5.74) is 0.384. The van der Waals surface area contributed by atoms with Gasteiger partial charge in [0.15, 0.2) is 5.69 Å². The lowest BCUT2D eigenvalue weighted by Gasteiger charge is -2.44. The fraction of sp³-hybridized carbons (Fsp3) is 0.308. The molecule has 3 heterocycles. The predicted molar refractivity (Wildman–Crippen MR) is 127 cm³/mol. The lowest BCUT2D eigenvalue weighted by Crippen LogP contribution is -2.54. The minimum Gasteiger partial charge on any atom is -0.368 e. The summed E-state index contributed by atoms with van der Waals surface area (Å²) in [6.45, 7) is 0.780. The van der Waals surface area contributed by atoms with Crippen LogP contribution in [-0.4, -0.2) is 40.0 Å². The van der Waals surface area contributed by atoms with Crippen LogP contribution < -0.4 is 9.80 Å². The van der Waals surface area contributed by atoms with Crippen molar-refractivity contribution in [1.82, 2.24) is 14.9 Å². The largest absolute Gasteiger partial charge is 0.435 e. The van der Waals surface area contributed by atoms with Gasteiger partial charge in [-0.2, -0.15) is 18.4 Å². The van der Waals surface area contributed by atoms with Gasteiger partial charge in [0, 0.05) is 38.1 Å². The molecule has 0 atom stereocenters. The van der Waals surface area contributed by atoms with Crippen LogP contribution in [0.25, 0.3) is 0 Å². The summed E-state index contributed by atoms with van der Waals surface area (Å²) < 4.78 is 55.2. The minimum absolute atomic E-state index is 0.208. The quantitative estimate of drug-likeness (QED) is 0.456. The summed E-state index contributed by atoms with van der Waals surface area (Å²) in [7, 11) is 0. The summed E-state index contributed by atoms with van der Waals surface area (Å²) in [6, 6.07) is 12.9. The topological polar surface area (TPSA) is 76.4 Å². The molecule has 2 aliphatic heterocycles. The lowest BCUT2D eigenvalue weighted by atomic mass is 9.99. The molecule has 1 aromatic heterocycles. The van der Waals surface area contributed by atoms with Gasteiger partial charge in [0.05, 0.1) is 29.2 Å². The molecule has 5 rings (SSSR count). The summed E-state index contributed by atoms with van der Waals surface area (Å²) in [5, 5.41) is 9.40. The van der Waals surface area contributed by atoms with Gasteiger partial charge in [0.2, 0.25) is 0 Å². The maximum atomic E-state index is 14.5. The van der Waals surface area contributed by atoms with Crippen LogP contribution in [0.2, 0.25) is 0 Å². The Morgan fingerprint density at radius 3 is 2.49 bits per heavy atom. The molecule has 3 aromatic rings. The monoisotopic (exact) mass is 510 g/mol. The lowest BCUT2D eigenvalue weighted by molar-refractivity contribution is -0.142. The van der Waals surface area contributed by atoms with Crippen LogP contribution in [0.15, 0.2) is 54.9 Å². The fourth-order valence-corrected chi connectivity index (χ4v) is 5.05. The molecule has 0 aliphatic carbocycles. The molecular formula is C26H22F4N6O. The van der Waals surface area contributed by atoms with Crippen LogP contribution in [0.1, 0.15) is 35.4 Å². The molecule has 37 heavy (non-hydrogen) atoms. The van der Waals surface area contributed by atoms with Crippen LogP contribution in [0, 0.1) is 17.1 Å². The molecule has 2 amide bonds. The first kappa shape index (κ1) is 24.5. The highest BCUT2D eigenvalue weighted by molar-refractivity contribution is 5.95. The van der Waals surface area contributed by atoms with Crippen LogP contribution in [0.5, 0.6) is 0 Å². The molecule has 2 aliphatic rings. The smallest absolute Gasteiger partial charge is 0.368 e. The third kappa shape index (κ3) is 4.67. The van der Waals surface area contributed by atoms with Gasteiger partial charge in [-0.25, -0.2) is 14.2 Å². The van der Waals surface area contributed by atoms with Crippen LogP contribution in [0.4, 0.5) is 33.7 Å². The number of carbonyl (C=O) groups excluding carboxylic acids is 1. The van der Waals surface area contributed by atoms with Crippen molar-refractivity contribution in [2.75, 3.05) is 22.9 Å². The average Bonchev–Trinajstić information content (AvgIpc) is 2.90.